The van der Waals surface area contributed by atoms with Gasteiger partial charge in [0.15, 0.2) is 34.8 Å². The van der Waals surface area contributed by atoms with E-state index in [0.717, 1.165) is 43.5 Å². The monoisotopic (exact) mass is 654 g/mol. The van der Waals surface area contributed by atoms with Crippen molar-refractivity contribution in [3.8, 4) is 17.2 Å². The van der Waals surface area contributed by atoms with Crippen molar-refractivity contribution in [2.75, 3.05) is 0 Å². The highest BCUT2D eigenvalue weighted by Crippen LogP contribution is 2.30. The lowest BCUT2D eigenvalue weighted by atomic mass is 10.1. The molecule has 0 radical (unpaired) electrons. The first kappa shape index (κ1) is 34.0. The number of fused-ring (bicyclic) bond motifs is 2. The number of nitrogens with zero attached hydrogens (tertiary/aromatic N) is 2. The van der Waals surface area contributed by atoms with Crippen LogP contribution in [0, 0.1) is 40.7 Å². The second-order valence-electron chi connectivity index (χ2n) is 9.65. The van der Waals surface area contributed by atoms with Crippen molar-refractivity contribution < 1.29 is 50.2 Å². The van der Waals surface area contributed by atoms with E-state index in [1.54, 1.807) is 0 Å². The van der Waals surface area contributed by atoms with Gasteiger partial charge in [-0.25, -0.2) is 40.7 Å². The molecule has 0 fully saturated rings. The summed E-state index contributed by atoms with van der Waals surface area (Å²) in [6, 6.07) is 14.8. The van der Waals surface area contributed by atoms with Crippen LogP contribution in [0.4, 0.5) is 30.7 Å². The van der Waals surface area contributed by atoms with E-state index in [0.29, 0.717) is 10.8 Å². The molecule has 6 nitrogen and oxygen atoms in total. The van der Waals surface area contributed by atoms with Crippen LogP contribution in [0.15, 0.2) is 85.2 Å². The summed E-state index contributed by atoms with van der Waals surface area (Å²) in [5, 5.41) is 9.71. The molecular formula is C34H21F7N2O4. The lowest BCUT2D eigenvalue weighted by molar-refractivity contribution is 0.0997. The van der Waals surface area contributed by atoms with E-state index >= 15 is 0 Å². The van der Waals surface area contributed by atoms with E-state index in [-0.39, 0.29) is 33.8 Å². The molecule has 0 aliphatic rings. The number of benzene rings is 4. The maximum atomic E-state index is 13.7. The molecule has 0 saturated heterocycles. The minimum absolute atomic E-state index is 0.0289. The molecule has 2 heterocycles. The minimum Gasteiger partial charge on any atom is -0.506 e. The number of aromatic nitrogens is 2. The van der Waals surface area contributed by atoms with E-state index in [1.807, 2.05) is 0 Å². The number of Topliss-reactive ketones (excluding diaryl/α,β-unsaturated/α-hetero) is 2. The Morgan fingerprint density at radius 1 is 0.596 bits per heavy atom. The number of halogens is 7. The molecule has 6 rings (SSSR count). The second-order valence-corrected chi connectivity index (χ2v) is 9.65. The summed E-state index contributed by atoms with van der Waals surface area (Å²) in [4.78, 5) is 29.5. The molecule has 0 atom stereocenters. The Hall–Kier alpha value is -5.85. The lowest BCUT2D eigenvalue weighted by Gasteiger charge is -2.10. The Bertz CT molecular complexity index is 2120. The SMILES string of the molecule is CC(=O)c1c(F)cccc1F.CC(=O)c1c(F)cccc1Oc1cnc2c(F)c(F)ccc2c1.Oc1cnc2c(F)c(F)ccc2c1. The Morgan fingerprint density at radius 3 is 1.57 bits per heavy atom. The van der Waals surface area contributed by atoms with Crippen molar-refractivity contribution in [3.05, 3.63) is 137 Å². The van der Waals surface area contributed by atoms with Gasteiger partial charge in [0, 0.05) is 10.8 Å². The highest BCUT2D eigenvalue weighted by molar-refractivity contribution is 5.97. The van der Waals surface area contributed by atoms with Gasteiger partial charge in [-0.2, -0.15) is 0 Å². The average Bonchev–Trinajstić information content (AvgIpc) is 3.01. The molecule has 2 aromatic heterocycles. The third-order valence-electron chi connectivity index (χ3n) is 6.32. The predicted octanol–water partition coefficient (Wildman–Crippen LogP) is 9.03. The van der Waals surface area contributed by atoms with Crippen molar-refractivity contribution in [1.82, 2.24) is 9.97 Å². The third-order valence-corrected chi connectivity index (χ3v) is 6.32. The van der Waals surface area contributed by atoms with Crippen LogP contribution in [-0.2, 0) is 0 Å². The van der Waals surface area contributed by atoms with Crippen LogP contribution in [0.5, 0.6) is 17.2 Å². The molecule has 0 bridgehead atoms. The normalized spacial score (nSPS) is 10.5. The van der Waals surface area contributed by atoms with Gasteiger partial charge >= 0.3 is 0 Å². The van der Waals surface area contributed by atoms with Crippen molar-refractivity contribution in [1.29, 1.82) is 0 Å². The Kier molecular flexibility index (Phi) is 10.5. The summed E-state index contributed by atoms with van der Waals surface area (Å²) in [6.45, 7) is 2.35. The van der Waals surface area contributed by atoms with Crippen molar-refractivity contribution >= 4 is 33.4 Å². The molecular weight excluding hydrogens is 633 g/mol. The topological polar surface area (TPSA) is 89.4 Å². The highest BCUT2D eigenvalue weighted by Gasteiger charge is 2.16. The molecule has 0 aliphatic carbocycles. The smallest absolute Gasteiger partial charge is 0.184 e. The predicted molar refractivity (Wildman–Crippen MR) is 158 cm³/mol. The van der Waals surface area contributed by atoms with Crippen molar-refractivity contribution in [2.24, 2.45) is 0 Å². The minimum atomic E-state index is -1.05. The molecule has 0 amide bonds. The van der Waals surface area contributed by atoms with Gasteiger partial charge in [-0.1, -0.05) is 12.1 Å². The number of carbonyl (C=O) groups is 2. The van der Waals surface area contributed by atoms with Gasteiger partial charge in [0.05, 0.1) is 23.5 Å². The molecule has 47 heavy (non-hydrogen) atoms. The zero-order valence-corrected chi connectivity index (χ0v) is 24.3. The first-order valence-electron chi connectivity index (χ1n) is 13.4. The molecule has 13 heteroatoms. The molecule has 1 N–H and O–H groups in total. The maximum absolute atomic E-state index is 13.7. The number of carbonyl (C=O) groups excluding carboxylic acids is 2. The zero-order chi connectivity index (χ0) is 34.4. The van der Waals surface area contributed by atoms with Gasteiger partial charge in [-0.3, -0.25) is 9.59 Å². The molecule has 0 aliphatic heterocycles. The van der Waals surface area contributed by atoms with Gasteiger partial charge in [-0.15, -0.1) is 0 Å². The Balaban J connectivity index is 0.000000176. The fourth-order valence-corrected chi connectivity index (χ4v) is 4.20. The van der Waals surface area contributed by atoms with Gasteiger partial charge in [-0.05, 0) is 74.5 Å². The van der Waals surface area contributed by atoms with Crippen LogP contribution in [0.3, 0.4) is 0 Å². The maximum Gasteiger partial charge on any atom is 0.184 e. The quantitative estimate of drug-likeness (QED) is 0.151. The second kappa shape index (κ2) is 14.5. The highest BCUT2D eigenvalue weighted by atomic mass is 19.2. The molecule has 0 spiro atoms. The Morgan fingerprint density at radius 2 is 1.06 bits per heavy atom. The first-order valence-corrected chi connectivity index (χ1v) is 13.4. The number of rotatable bonds is 4. The zero-order valence-electron chi connectivity index (χ0n) is 24.3. The van der Waals surface area contributed by atoms with E-state index < -0.39 is 57.9 Å². The largest absolute Gasteiger partial charge is 0.506 e. The van der Waals surface area contributed by atoms with Gasteiger partial charge in [0.2, 0.25) is 0 Å². The van der Waals surface area contributed by atoms with Crippen LogP contribution in [0.2, 0.25) is 0 Å². The summed E-state index contributed by atoms with van der Waals surface area (Å²) in [7, 11) is 0. The summed E-state index contributed by atoms with van der Waals surface area (Å²) in [6.07, 6.45) is 2.25. The molecule has 6 aromatic rings. The first-order chi connectivity index (χ1) is 22.3. The molecule has 0 unspecified atom stereocenters. The fraction of sp³-hybridized carbons (Fsp3) is 0.0588. The van der Waals surface area contributed by atoms with Crippen LogP contribution in [0.25, 0.3) is 21.8 Å². The summed E-state index contributed by atoms with van der Waals surface area (Å²) >= 11 is 0. The van der Waals surface area contributed by atoms with Crippen molar-refractivity contribution in [2.45, 2.75) is 13.8 Å². The summed E-state index contributed by atoms with van der Waals surface area (Å²) < 4.78 is 97.0. The number of pyridine rings is 2. The van der Waals surface area contributed by atoms with Crippen LogP contribution in [-0.4, -0.2) is 26.6 Å². The third kappa shape index (κ3) is 7.87. The van der Waals surface area contributed by atoms with E-state index in [2.05, 4.69) is 9.97 Å². The number of ether oxygens (including phenoxy) is 1. The van der Waals surface area contributed by atoms with E-state index in [9.17, 15) is 40.3 Å². The number of ketones is 2. The number of aromatic hydroxyl groups is 1. The summed E-state index contributed by atoms with van der Waals surface area (Å²) in [5.74, 6) is -7.24. The molecule has 240 valence electrons. The fourth-order valence-electron chi connectivity index (χ4n) is 4.20. The van der Waals surface area contributed by atoms with Gasteiger partial charge < -0.3 is 9.84 Å². The van der Waals surface area contributed by atoms with Crippen LogP contribution in [0.1, 0.15) is 34.6 Å². The van der Waals surface area contributed by atoms with Crippen molar-refractivity contribution in [3.63, 3.8) is 0 Å². The number of hydrogen-bond acceptors (Lipinski definition) is 6. The standard InChI is InChI=1S/C17H10F3NO2.C9H5F2NO.C8H6F2O/c1-9(22)15-12(18)3-2-4-14(15)23-11-7-10-5-6-13(19)16(20)17(10)21-8-11;10-7-2-1-5-3-6(13)4-12-9(5)8(7)11;1-5(11)8-6(9)3-2-4-7(8)10/h2-8H,1H3;1-4,13H;2-4H,1H3. The van der Waals surface area contributed by atoms with Crippen LogP contribution >= 0.6 is 0 Å². The average molecular weight is 655 g/mol. The van der Waals surface area contributed by atoms with Gasteiger partial charge in [0.25, 0.3) is 0 Å². The van der Waals surface area contributed by atoms with Crippen LogP contribution < -0.4 is 4.74 Å². The number of hydrogen-bond donors (Lipinski definition) is 1. The lowest BCUT2D eigenvalue weighted by Crippen LogP contribution is -2.01. The molecule has 4 aromatic carbocycles. The van der Waals surface area contributed by atoms with E-state index in [1.165, 1.54) is 55.6 Å². The Labute approximate surface area is 261 Å². The van der Waals surface area contributed by atoms with E-state index in [4.69, 9.17) is 9.84 Å². The molecule has 0 saturated carbocycles. The summed E-state index contributed by atoms with van der Waals surface area (Å²) in [5.41, 5.74) is -0.855. The van der Waals surface area contributed by atoms with Gasteiger partial charge in [0.1, 0.15) is 45.7 Å².